The molecule has 2 fully saturated rings. The molecular formula is C11H12O3. The van der Waals surface area contributed by atoms with E-state index in [4.69, 9.17) is 14.2 Å². The van der Waals surface area contributed by atoms with Crippen molar-refractivity contribution < 1.29 is 14.2 Å². The molecule has 2 saturated heterocycles. The summed E-state index contributed by atoms with van der Waals surface area (Å²) >= 11 is 0. The first-order chi connectivity index (χ1) is 6.93. The molecule has 2 aliphatic heterocycles. The van der Waals surface area contributed by atoms with Crippen LogP contribution >= 0.6 is 0 Å². The van der Waals surface area contributed by atoms with E-state index in [9.17, 15) is 0 Å². The monoisotopic (exact) mass is 192 g/mol. The molecule has 14 heavy (non-hydrogen) atoms. The van der Waals surface area contributed by atoms with Gasteiger partial charge >= 0.3 is 0 Å². The Balaban J connectivity index is 1.70. The minimum atomic E-state index is -0.203. The number of benzene rings is 1. The van der Waals surface area contributed by atoms with Crippen molar-refractivity contribution in [3.63, 3.8) is 0 Å². The van der Waals surface area contributed by atoms with Crippen molar-refractivity contribution in [2.24, 2.45) is 0 Å². The maximum absolute atomic E-state index is 5.72. The third kappa shape index (κ3) is 1.54. The van der Waals surface area contributed by atoms with Gasteiger partial charge in [0.15, 0.2) is 6.29 Å². The Labute approximate surface area is 82.6 Å². The molecule has 0 aliphatic carbocycles. The number of hydrogen-bond donors (Lipinski definition) is 0. The zero-order valence-electron chi connectivity index (χ0n) is 7.76. The van der Waals surface area contributed by atoms with E-state index in [1.54, 1.807) is 0 Å². The smallest absolute Gasteiger partial charge is 0.184 e. The molecule has 0 aromatic heterocycles. The Morgan fingerprint density at radius 1 is 0.929 bits per heavy atom. The largest absolute Gasteiger partial charge is 0.370 e. The highest BCUT2D eigenvalue weighted by molar-refractivity contribution is 5.16. The fourth-order valence-corrected chi connectivity index (χ4v) is 1.67. The van der Waals surface area contributed by atoms with Crippen LogP contribution in [0.3, 0.4) is 0 Å². The van der Waals surface area contributed by atoms with Gasteiger partial charge in [0.2, 0.25) is 0 Å². The standard InChI is InChI=1S/C11H12O3/c1-2-4-8(5-3-1)11-13-7-10(14-11)9-6-12-9/h1-5,9-11H,6-7H2/t9-,10+,11?/m0/s1. The normalized spacial score (nSPS) is 35.9. The van der Waals surface area contributed by atoms with Gasteiger partial charge in [-0.2, -0.15) is 0 Å². The van der Waals surface area contributed by atoms with Crippen molar-refractivity contribution in [3.05, 3.63) is 35.9 Å². The lowest BCUT2D eigenvalue weighted by atomic mass is 10.2. The number of ether oxygens (including phenoxy) is 3. The molecular weight excluding hydrogens is 180 g/mol. The predicted molar refractivity (Wildman–Crippen MR) is 49.7 cm³/mol. The van der Waals surface area contributed by atoms with Crippen LogP contribution in [0.15, 0.2) is 30.3 Å². The quantitative estimate of drug-likeness (QED) is 0.665. The predicted octanol–water partition coefficient (Wildman–Crippen LogP) is 1.50. The Bertz CT molecular complexity index is 308. The van der Waals surface area contributed by atoms with E-state index in [2.05, 4.69) is 0 Å². The van der Waals surface area contributed by atoms with Crippen LogP contribution in [0.5, 0.6) is 0 Å². The zero-order valence-corrected chi connectivity index (χ0v) is 7.76. The van der Waals surface area contributed by atoms with Gasteiger partial charge in [0, 0.05) is 5.56 Å². The summed E-state index contributed by atoms with van der Waals surface area (Å²) in [5.41, 5.74) is 1.08. The summed E-state index contributed by atoms with van der Waals surface area (Å²) < 4.78 is 16.4. The van der Waals surface area contributed by atoms with Gasteiger partial charge in [0.25, 0.3) is 0 Å². The fraction of sp³-hybridized carbons (Fsp3) is 0.455. The lowest BCUT2D eigenvalue weighted by Gasteiger charge is -2.09. The molecule has 0 spiro atoms. The Kier molecular flexibility index (Phi) is 2.01. The Hall–Kier alpha value is -0.900. The first-order valence-corrected chi connectivity index (χ1v) is 4.87. The topological polar surface area (TPSA) is 31.0 Å². The van der Waals surface area contributed by atoms with Crippen molar-refractivity contribution >= 4 is 0 Å². The first-order valence-electron chi connectivity index (χ1n) is 4.87. The van der Waals surface area contributed by atoms with Crippen molar-refractivity contribution in [3.8, 4) is 0 Å². The van der Waals surface area contributed by atoms with Gasteiger partial charge in [-0.15, -0.1) is 0 Å². The molecule has 0 saturated carbocycles. The fourth-order valence-electron chi connectivity index (χ4n) is 1.67. The average Bonchev–Trinajstić information content (AvgIpc) is 2.98. The van der Waals surface area contributed by atoms with Crippen LogP contribution in [0.2, 0.25) is 0 Å². The minimum absolute atomic E-state index is 0.125. The molecule has 1 aromatic rings. The minimum Gasteiger partial charge on any atom is -0.370 e. The van der Waals surface area contributed by atoms with Gasteiger partial charge in [-0.3, -0.25) is 0 Å². The maximum Gasteiger partial charge on any atom is 0.184 e. The molecule has 1 aromatic carbocycles. The van der Waals surface area contributed by atoms with E-state index in [0.717, 1.165) is 12.2 Å². The molecule has 3 atom stereocenters. The summed E-state index contributed by atoms with van der Waals surface area (Å²) in [4.78, 5) is 0. The van der Waals surface area contributed by atoms with Crippen LogP contribution in [0.25, 0.3) is 0 Å². The van der Waals surface area contributed by atoms with Crippen LogP contribution in [-0.4, -0.2) is 25.4 Å². The van der Waals surface area contributed by atoms with Crippen molar-refractivity contribution in [1.29, 1.82) is 0 Å². The van der Waals surface area contributed by atoms with Gasteiger partial charge in [-0.25, -0.2) is 0 Å². The Morgan fingerprint density at radius 2 is 1.71 bits per heavy atom. The summed E-state index contributed by atoms with van der Waals surface area (Å²) in [5.74, 6) is 0. The van der Waals surface area contributed by atoms with Gasteiger partial charge in [0.1, 0.15) is 12.2 Å². The zero-order chi connectivity index (χ0) is 9.38. The summed E-state index contributed by atoms with van der Waals surface area (Å²) in [6.07, 6.45) is 0.189. The third-order valence-electron chi connectivity index (χ3n) is 2.56. The van der Waals surface area contributed by atoms with Crippen molar-refractivity contribution in [2.75, 3.05) is 13.2 Å². The third-order valence-corrected chi connectivity index (χ3v) is 2.56. The molecule has 74 valence electrons. The Morgan fingerprint density at radius 3 is 2.43 bits per heavy atom. The van der Waals surface area contributed by atoms with Crippen LogP contribution in [0.4, 0.5) is 0 Å². The molecule has 2 heterocycles. The average molecular weight is 192 g/mol. The molecule has 1 unspecified atom stereocenters. The summed E-state index contributed by atoms with van der Waals surface area (Å²) in [7, 11) is 0. The second-order valence-electron chi connectivity index (χ2n) is 3.62. The lowest BCUT2D eigenvalue weighted by Crippen LogP contribution is -2.17. The van der Waals surface area contributed by atoms with Crippen LogP contribution in [0, 0.1) is 0 Å². The van der Waals surface area contributed by atoms with Crippen molar-refractivity contribution in [1.82, 2.24) is 0 Å². The highest BCUT2D eigenvalue weighted by Crippen LogP contribution is 2.31. The summed E-state index contributed by atoms with van der Waals surface area (Å²) in [5, 5.41) is 0. The van der Waals surface area contributed by atoms with E-state index in [1.807, 2.05) is 30.3 Å². The van der Waals surface area contributed by atoms with Crippen LogP contribution < -0.4 is 0 Å². The number of rotatable bonds is 2. The molecule has 0 N–H and O–H groups in total. The van der Waals surface area contributed by atoms with Crippen molar-refractivity contribution in [2.45, 2.75) is 18.5 Å². The highest BCUT2D eigenvalue weighted by atomic mass is 16.7. The molecule has 0 bridgehead atoms. The van der Waals surface area contributed by atoms with Gasteiger partial charge in [-0.1, -0.05) is 30.3 Å². The van der Waals surface area contributed by atoms with Gasteiger partial charge < -0.3 is 14.2 Å². The molecule has 0 amide bonds. The summed E-state index contributed by atoms with van der Waals surface area (Å²) in [6, 6.07) is 9.99. The molecule has 3 nitrogen and oxygen atoms in total. The van der Waals surface area contributed by atoms with E-state index in [1.165, 1.54) is 0 Å². The molecule has 3 heteroatoms. The van der Waals surface area contributed by atoms with E-state index in [0.29, 0.717) is 6.61 Å². The summed E-state index contributed by atoms with van der Waals surface area (Å²) in [6.45, 7) is 1.46. The second-order valence-corrected chi connectivity index (χ2v) is 3.62. The first kappa shape index (κ1) is 8.41. The SMILES string of the molecule is c1ccc(C2OC[C@H]([C@@H]3CO3)O2)cc1. The van der Waals surface area contributed by atoms with E-state index >= 15 is 0 Å². The van der Waals surface area contributed by atoms with E-state index in [-0.39, 0.29) is 18.5 Å². The molecule has 3 rings (SSSR count). The van der Waals surface area contributed by atoms with Gasteiger partial charge in [-0.05, 0) is 0 Å². The number of epoxide rings is 1. The second kappa shape index (κ2) is 3.35. The molecule has 2 aliphatic rings. The number of hydrogen-bond acceptors (Lipinski definition) is 3. The molecule has 0 radical (unpaired) electrons. The van der Waals surface area contributed by atoms with Crippen LogP contribution in [0.1, 0.15) is 11.9 Å². The van der Waals surface area contributed by atoms with Gasteiger partial charge in [0.05, 0.1) is 13.2 Å². The maximum atomic E-state index is 5.72. The van der Waals surface area contributed by atoms with E-state index < -0.39 is 0 Å². The highest BCUT2D eigenvalue weighted by Gasteiger charge is 2.40. The van der Waals surface area contributed by atoms with Crippen LogP contribution in [-0.2, 0) is 14.2 Å². The lowest BCUT2D eigenvalue weighted by molar-refractivity contribution is -0.0636.